The van der Waals surface area contributed by atoms with E-state index in [1.165, 1.54) is 5.75 Å². The van der Waals surface area contributed by atoms with Crippen molar-refractivity contribution in [3.8, 4) is 0 Å². The number of aliphatic hydroxyl groups excluding tert-OH is 1. The summed E-state index contributed by atoms with van der Waals surface area (Å²) in [6, 6.07) is 0. The SMILES string of the molecule is CCC(C)c1nc(N2CCSC(C)C2)sc1CO. The Hall–Kier alpha value is -0.260. The lowest BCUT2D eigenvalue weighted by Crippen LogP contribution is -2.36. The predicted molar refractivity (Wildman–Crippen MR) is 80.9 cm³/mol. The Morgan fingerprint density at radius 1 is 1.56 bits per heavy atom. The lowest BCUT2D eigenvalue weighted by atomic mass is 10.0. The molecule has 5 heteroatoms. The van der Waals surface area contributed by atoms with E-state index in [4.69, 9.17) is 4.98 Å². The fourth-order valence-electron chi connectivity index (χ4n) is 2.17. The third-order valence-corrected chi connectivity index (χ3v) is 5.70. The van der Waals surface area contributed by atoms with E-state index in [0.717, 1.165) is 35.2 Å². The van der Waals surface area contributed by atoms with Crippen molar-refractivity contribution in [1.29, 1.82) is 0 Å². The Morgan fingerprint density at radius 2 is 2.33 bits per heavy atom. The van der Waals surface area contributed by atoms with E-state index in [9.17, 15) is 5.11 Å². The van der Waals surface area contributed by atoms with Gasteiger partial charge in [0.05, 0.1) is 17.2 Å². The van der Waals surface area contributed by atoms with Gasteiger partial charge in [-0.3, -0.25) is 0 Å². The molecule has 0 spiro atoms. The zero-order chi connectivity index (χ0) is 13.1. The van der Waals surface area contributed by atoms with Crippen molar-refractivity contribution in [1.82, 2.24) is 4.98 Å². The van der Waals surface area contributed by atoms with Crippen molar-refractivity contribution >= 4 is 28.2 Å². The van der Waals surface area contributed by atoms with Gasteiger partial charge in [-0.25, -0.2) is 4.98 Å². The number of aromatic nitrogens is 1. The summed E-state index contributed by atoms with van der Waals surface area (Å²) < 4.78 is 0. The maximum Gasteiger partial charge on any atom is 0.185 e. The second-order valence-electron chi connectivity index (χ2n) is 4.90. The van der Waals surface area contributed by atoms with Crippen molar-refractivity contribution in [2.24, 2.45) is 0 Å². The number of hydrogen-bond donors (Lipinski definition) is 1. The van der Waals surface area contributed by atoms with Gasteiger partial charge in [-0.1, -0.05) is 32.1 Å². The zero-order valence-electron chi connectivity index (χ0n) is 11.3. The maximum absolute atomic E-state index is 9.47. The van der Waals surface area contributed by atoms with E-state index in [2.05, 4.69) is 25.7 Å². The third-order valence-electron chi connectivity index (χ3n) is 3.45. The van der Waals surface area contributed by atoms with E-state index >= 15 is 0 Å². The van der Waals surface area contributed by atoms with Gasteiger partial charge in [0, 0.05) is 24.1 Å². The van der Waals surface area contributed by atoms with Gasteiger partial charge in [0.2, 0.25) is 0 Å². The molecule has 0 amide bonds. The fraction of sp³-hybridized carbons (Fsp3) is 0.769. The first-order chi connectivity index (χ1) is 8.65. The lowest BCUT2D eigenvalue weighted by Gasteiger charge is -2.30. The number of anilines is 1. The second kappa shape index (κ2) is 6.26. The molecular formula is C13H22N2OS2. The van der Waals surface area contributed by atoms with Crippen molar-refractivity contribution in [2.45, 2.75) is 45.0 Å². The summed E-state index contributed by atoms with van der Waals surface area (Å²) >= 11 is 3.70. The summed E-state index contributed by atoms with van der Waals surface area (Å²) in [7, 11) is 0. The predicted octanol–water partition coefficient (Wildman–Crippen LogP) is 3.09. The summed E-state index contributed by atoms with van der Waals surface area (Å²) in [5.74, 6) is 1.61. The van der Waals surface area contributed by atoms with Crippen LogP contribution in [0.3, 0.4) is 0 Å². The highest BCUT2D eigenvalue weighted by Crippen LogP contribution is 2.34. The van der Waals surface area contributed by atoms with Crippen LogP contribution in [0.2, 0.25) is 0 Å². The molecule has 1 fully saturated rings. The molecule has 102 valence electrons. The minimum atomic E-state index is 0.121. The van der Waals surface area contributed by atoms with E-state index < -0.39 is 0 Å². The Morgan fingerprint density at radius 3 is 2.94 bits per heavy atom. The van der Waals surface area contributed by atoms with Crippen LogP contribution in [0.4, 0.5) is 5.13 Å². The molecule has 2 rings (SSSR count). The van der Waals surface area contributed by atoms with Gasteiger partial charge < -0.3 is 10.0 Å². The summed E-state index contributed by atoms with van der Waals surface area (Å²) in [4.78, 5) is 8.20. The molecule has 0 aromatic carbocycles. The number of aliphatic hydroxyl groups is 1. The van der Waals surface area contributed by atoms with Crippen molar-refractivity contribution in [2.75, 3.05) is 23.7 Å². The molecule has 2 heterocycles. The summed E-state index contributed by atoms with van der Waals surface area (Å²) in [5.41, 5.74) is 1.10. The fourth-order valence-corrected chi connectivity index (χ4v) is 4.26. The van der Waals surface area contributed by atoms with E-state index in [1.807, 2.05) is 11.8 Å². The molecule has 0 saturated carbocycles. The molecule has 1 aliphatic rings. The van der Waals surface area contributed by atoms with Gasteiger partial charge in [0.1, 0.15) is 0 Å². The van der Waals surface area contributed by atoms with Crippen LogP contribution in [0.1, 0.15) is 43.7 Å². The Balaban J connectivity index is 2.20. The molecule has 1 saturated heterocycles. The Bertz CT molecular complexity index is 394. The normalized spacial score (nSPS) is 22.2. The van der Waals surface area contributed by atoms with Crippen LogP contribution in [0, 0.1) is 0 Å². The van der Waals surface area contributed by atoms with Crippen molar-refractivity contribution < 1.29 is 5.11 Å². The van der Waals surface area contributed by atoms with E-state index in [1.54, 1.807) is 11.3 Å². The summed E-state index contributed by atoms with van der Waals surface area (Å²) in [6.07, 6.45) is 1.07. The van der Waals surface area contributed by atoms with Gasteiger partial charge in [0.25, 0.3) is 0 Å². The Kier molecular flexibility index (Phi) is 4.92. The average molecular weight is 286 g/mol. The molecule has 1 N–H and O–H groups in total. The highest BCUT2D eigenvalue weighted by molar-refractivity contribution is 8.00. The van der Waals surface area contributed by atoms with Gasteiger partial charge >= 0.3 is 0 Å². The van der Waals surface area contributed by atoms with Gasteiger partial charge in [-0.15, -0.1) is 0 Å². The van der Waals surface area contributed by atoms with Gasteiger partial charge in [-0.2, -0.15) is 11.8 Å². The van der Waals surface area contributed by atoms with Crippen LogP contribution in [0.25, 0.3) is 0 Å². The van der Waals surface area contributed by atoms with Gasteiger partial charge in [-0.05, 0) is 12.3 Å². The van der Waals surface area contributed by atoms with E-state index in [0.29, 0.717) is 11.2 Å². The standard InChI is InChI=1S/C13H22N2OS2/c1-4-9(2)12-11(8-16)18-13(14-12)15-5-6-17-10(3)7-15/h9-10,16H,4-8H2,1-3H3. The molecule has 3 nitrogen and oxygen atoms in total. The number of nitrogens with zero attached hydrogens (tertiary/aromatic N) is 2. The third kappa shape index (κ3) is 3.00. The number of rotatable bonds is 4. The molecular weight excluding hydrogens is 264 g/mol. The molecule has 1 aliphatic heterocycles. The molecule has 1 aromatic heterocycles. The highest BCUT2D eigenvalue weighted by Gasteiger charge is 2.22. The summed E-state index contributed by atoms with van der Waals surface area (Å²) in [5, 5.41) is 11.2. The monoisotopic (exact) mass is 286 g/mol. The largest absolute Gasteiger partial charge is 0.391 e. The van der Waals surface area contributed by atoms with Crippen LogP contribution in [0.5, 0.6) is 0 Å². The topological polar surface area (TPSA) is 36.4 Å². The molecule has 18 heavy (non-hydrogen) atoms. The van der Waals surface area contributed by atoms with Crippen molar-refractivity contribution in [3.63, 3.8) is 0 Å². The first-order valence-corrected chi connectivity index (χ1v) is 8.49. The van der Waals surface area contributed by atoms with Crippen LogP contribution in [0.15, 0.2) is 0 Å². The maximum atomic E-state index is 9.47. The minimum absolute atomic E-state index is 0.121. The number of hydrogen-bond acceptors (Lipinski definition) is 5. The molecule has 1 aromatic rings. The van der Waals surface area contributed by atoms with Crippen molar-refractivity contribution in [3.05, 3.63) is 10.6 Å². The lowest BCUT2D eigenvalue weighted by molar-refractivity contribution is 0.283. The van der Waals surface area contributed by atoms with Crippen LogP contribution < -0.4 is 4.90 Å². The molecule has 0 bridgehead atoms. The Labute approximate surface area is 118 Å². The highest BCUT2D eigenvalue weighted by atomic mass is 32.2. The molecule has 0 radical (unpaired) electrons. The van der Waals surface area contributed by atoms with Gasteiger partial charge in [0.15, 0.2) is 5.13 Å². The van der Waals surface area contributed by atoms with Crippen LogP contribution in [-0.4, -0.2) is 34.2 Å². The minimum Gasteiger partial charge on any atom is -0.391 e. The quantitative estimate of drug-likeness (QED) is 0.923. The zero-order valence-corrected chi connectivity index (χ0v) is 13.0. The second-order valence-corrected chi connectivity index (χ2v) is 7.51. The average Bonchev–Trinajstić information content (AvgIpc) is 2.82. The first-order valence-electron chi connectivity index (χ1n) is 6.62. The first kappa shape index (κ1) is 14.2. The van der Waals surface area contributed by atoms with E-state index in [-0.39, 0.29) is 6.61 Å². The molecule has 2 unspecified atom stereocenters. The summed E-state index contributed by atoms with van der Waals surface area (Å²) in [6.45, 7) is 8.90. The van der Waals surface area contributed by atoms with Crippen LogP contribution in [-0.2, 0) is 6.61 Å². The number of thiazole rings is 1. The molecule has 0 aliphatic carbocycles. The smallest absolute Gasteiger partial charge is 0.185 e. The number of thioether (sulfide) groups is 1. The van der Waals surface area contributed by atoms with Crippen LogP contribution >= 0.6 is 23.1 Å². The molecule has 2 atom stereocenters.